The summed E-state index contributed by atoms with van der Waals surface area (Å²) in [4.78, 5) is 13.1. The molecule has 16 heavy (non-hydrogen) atoms. The van der Waals surface area contributed by atoms with Gasteiger partial charge in [-0.05, 0) is 13.8 Å². The van der Waals surface area contributed by atoms with Crippen LogP contribution in [0.4, 0.5) is 6.01 Å². The molecule has 0 aliphatic heterocycles. The molecule has 1 N–H and O–H groups in total. The Morgan fingerprint density at radius 3 is 2.75 bits per heavy atom. The molecular weight excluding hydrogens is 232 g/mol. The average Bonchev–Trinajstić information content (AvgIpc) is 2.74. The molecule has 0 unspecified atom stereocenters. The summed E-state index contributed by atoms with van der Waals surface area (Å²) in [6.45, 7) is 5.19. The minimum absolute atomic E-state index is 0.0741. The van der Waals surface area contributed by atoms with E-state index in [0.717, 1.165) is 0 Å². The number of carbonyl (C=O) groups is 1. The first kappa shape index (κ1) is 12.8. The molecule has 0 spiro atoms. The first-order valence-electron chi connectivity index (χ1n) is 5.11. The van der Waals surface area contributed by atoms with Crippen LogP contribution in [0.1, 0.15) is 19.7 Å². The van der Waals surface area contributed by atoms with E-state index in [-0.39, 0.29) is 18.3 Å². The number of nitrogens with zero attached hydrogens (tertiary/aromatic N) is 3. The summed E-state index contributed by atoms with van der Waals surface area (Å²) in [5.41, 5.74) is 0. The molecule has 0 fully saturated rings. The summed E-state index contributed by atoms with van der Waals surface area (Å²) < 4.78 is 5.26. The normalized spacial score (nSPS) is 10.2. The maximum atomic E-state index is 11.4. The number of hydrogen-bond donors (Lipinski definition) is 1. The third-order valence-corrected chi connectivity index (χ3v) is 2.16. The molecule has 1 amide bonds. The third-order valence-electron chi connectivity index (χ3n) is 1.93. The zero-order valence-electron chi connectivity index (χ0n) is 9.36. The predicted octanol–water partition coefficient (Wildman–Crippen LogP) is 0.771. The van der Waals surface area contributed by atoms with E-state index in [2.05, 4.69) is 15.5 Å². The van der Waals surface area contributed by atoms with Gasteiger partial charge in [-0.3, -0.25) is 4.79 Å². The largest absolute Gasteiger partial charge is 0.407 e. The molecule has 0 saturated heterocycles. The summed E-state index contributed by atoms with van der Waals surface area (Å²) in [7, 11) is 0. The minimum atomic E-state index is -0.0741. The first-order chi connectivity index (χ1) is 7.71. The highest BCUT2D eigenvalue weighted by molar-refractivity contribution is 6.16. The van der Waals surface area contributed by atoms with E-state index in [0.29, 0.717) is 25.0 Å². The van der Waals surface area contributed by atoms with Gasteiger partial charge in [0, 0.05) is 13.1 Å². The van der Waals surface area contributed by atoms with Crippen molar-refractivity contribution >= 4 is 23.5 Å². The summed E-state index contributed by atoms with van der Waals surface area (Å²) in [6, 6.07) is 0.324. The van der Waals surface area contributed by atoms with Crippen molar-refractivity contribution in [3.8, 4) is 0 Å². The number of aromatic nitrogens is 2. The number of alkyl halides is 1. The second-order valence-corrected chi connectivity index (χ2v) is 3.35. The average molecular weight is 247 g/mol. The van der Waals surface area contributed by atoms with Gasteiger partial charge in [-0.2, -0.15) is 0 Å². The lowest BCUT2D eigenvalue weighted by atomic mass is 10.5. The smallest absolute Gasteiger partial charge is 0.318 e. The second-order valence-electron chi connectivity index (χ2n) is 3.08. The van der Waals surface area contributed by atoms with Crippen molar-refractivity contribution in [2.24, 2.45) is 0 Å². The van der Waals surface area contributed by atoms with Gasteiger partial charge in [0.05, 0.1) is 0 Å². The number of amides is 1. The molecule has 0 aliphatic carbocycles. The van der Waals surface area contributed by atoms with E-state index in [1.165, 1.54) is 0 Å². The van der Waals surface area contributed by atoms with Crippen LogP contribution in [0.2, 0.25) is 0 Å². The quantitative estimate of drug-likeness (QED) is 0.751. The van der Waals surface area contributed by atoms with Gasteiger partial charge in [0.25, 0.3) is 0 Å². The number of rotatable bonds is 6. The SMILES string of the molecule is CCNC(=O)CN(CC)c1nnc(CCl)o1. The van der Waals surface area contributed by atoms with Crippen LogP contribution in [0.25, 0.3) is 0 Å². The van der Waals surface area contributed by atoms with Crippen molar-refractivity contribution in [3.05, 3.63) is 5.89 Å². The Labute approximate surface area is 99.0 Å². The van der Waals surface area contributed by atoms with Gasteiger partial charge in [0.1, 0.15) is 12.4 Å². The van der Waals surface area contributed by atoms with Gasteiger partial charge < -0.3 is 14.6 Å². The molecular formula is C9H15ClN4O2. The third kappa shape index (κ3) is 3.37. The Balaban J connectivity index is 2.63. The lowest BCUT2D eigenvalue weighted by Crippen LogP contribution is -2.37. The number of nitrogens with one attached hydrogen (secondary N) is 1. The van der Waals surface area contributed by atoms with Gasteiger partial charge in [0.2, 0.25) is 11.8 Å². The topological polar surface area (TPSA) is 71.3 Å². The molecule has 1 heterocycles. The molecule has 0 aromatic carbocycles. The Morgan fingerprint density at radius 1 is 1.50 bits per heavy atom. The van der Waals surface area contributed by atoms with Crippen LogP contribution >= 0.6 is 11.6 Å². The number of hydrogen-bond acceptors (Lipinski definition) is 5. The molecule has 1 aromatic rings. The van der Waals surface area contributed by atoms with Crippen LogP contribution in [0.15, 0.2) is 4.42 Å². The molecule has 1 rings (SSSR count). The van der Waals surface area contributed by atoms with Gasteiger partial charge in [-0.15, -0.1) is 16.7 Å². The molecule has 0 radical (unpaired) electrons. The second kappa shape index (κ2) is 6.32. The van der Waals surface area contributed by atoms with E-state index < -0.39 is 0 Å². The monoisotopic (exact) mass is 246 g/mol. The van der Waals surface area contributed by atoms with Crippen molar-refractivity contribution in [1.82, 2.24) is 15.5 Å². The van der Waals surface area contributed by atoms with Crippen LogP contribution in [0.3, 0.4) is 0 Å². The number of halogens is 1. The van der Waals surface area contributed by atoms with E-state index >= 15 is 0 Å². The predicted molar refractivity (Wildman–Crippen MR) is 60.4 cm³/mol. The number of anilines is 1. The van der Waals surface area contributed by atoms with Crippen molar-refractivity contribution in [2.45, 2.75) is 19.7 Å². The highest BCUT2D eigenvalue weighted by Crippen LogP contribution is 2.12. The highest BCUT2D eigenvalue weighted by atomic mass is 35.5. The van der Waals surface area contributed by atoms with E-state index in [1.54, 1.807) is 4.90 Å². The molecule has 90 valence electrons. The van der Waals surface area contributed by atoms with Crippen LogP contribution in [-0.2, 0) is 10.7 Å². The summed E-state index contributed by atoms with van der Waals surface area (Å²) in [6.07, 6.45) is 0. The first-order valence-corrected chi connectivity index (χ1v) is 5.64. The molecule has 0 bridgehead atoms. The van der Waals surface area contributed by atoms with Crippen LogP contribution in [0, 0.1) is 0 Å². The number of carbonyl (C=O) groups excluding carboxylic acids is 1. The Morgan fingerprint density at radius 2 is 2.25 bits per heavy atom. The van der Waals surface area contributed by atoms with Gasteiger partial charge in [-0.25, -0.2) is 0 Å². The van der Waals surface area contributed by atoms with Crippen molar-refractivity contribution in [3.63, 3.8) is 0 Å². The molecule has 7 heteroatoms. The fourth-order valence-electron chi connectivity index (χ4n) is 1.17. The summed E-state index contributed by atoms with van der Waals surface area (Å²) >= 11 is 5.55. The summed E-state index contributed by atoms with van der Waals surface area (Å²) in [5, 5.41) is 10.3. The number of likely N-dealkylation sites (N-methyl/N-ethyl adjacent to an activating group) is 2. The Kier molecular flexibility index (Phi) is 5.04. The Hall–Kier alpha value is -1.30. The molecule has 6 nitrogen and oxygen atoms in total. The zero-order chi connectivity index (χ0) is 12.0. The van der Waals surface area contributed by atoms with E-state index in [4.69, 9.17) is 16.0 Å². The van der Waals surface area contributed by atoms with Crippen LogP contribution in [0.5, 0.6) is 0 Å². The van der Waals surface area contributed by atoms with Gasteiger partial charge in [0.15, 0.2) is 0 Å². The van der Waals surface area contributed by atoms with Gasteiger partial charge in [-0.1, -0.05) is 5.10 Å². The molecule has 0 saturated carbocycles. The lowest BCUT2D eigenvalue weighted by molar-refractivity contribution is -0.119. The fourth-order valence-corrected chi connectivity index (χ4v) is 1.28. The minimum Gasteiger partial charge on any atom is -0.407 e. The molecule has 0 atom stereocenters. The van der Waals surface area contributed by atoms with Crippen molar-refractivity contribution < 1.29 is 9.21 Å². The van der Waals surface area contributed by atoms with E-state index in [9.17, 15) is 4.79 Å². The molecule has 0 aliphatic rings. The van der Waals surface area contributed by atoms with Crippen LogP contribution < -0.4 is 10.2 Å². The fraction of sp³-hybridized carbons (Fsp3) is 0.667. The van der Waals surface area contributed by atoms with Crippen molar-refractivity contribution in [2.75, 3.05) is 24.5 Å². The lowest BCUT2D eigenvalue weighted by Gasteiger charge is -2.16. The van der Waals surface area contributed by atoms with Gasteiger partial charge >= 0.3 is 6.01 Å². The van der Waals surface area contributed by atoms with Crippen molar-refractivity contribution in [1.29, 1.82) is 0 Å². The van der Waals surface area contributed by atoms with E-state index in [1.807, 2.05) is 13.8 Å². The highest BCUT2D eigenvalue weighted by Gasteiger charge is 2.15. The standard InChI is InChI=1S/C9H15ClN4O2/c1-3-11-7(15)6-14(4-2)9-13-12-8(5-10)16-9/h3-6H2,1-2H3,(H,11,15). The maximum Gasteiger partial charge on any atom is 0.318 e. The van der Waals surface area contributed by atoms with Crippen LogP contribution in [-0.4, -0.2) is 35.7 Å². The molecule has 1 aromatic heterocycles. The maximum absolute atomic E-state index is 11.4. The Bertz CT molecular complexity index is 342. The zero-order valence-corrected chi connectivity index (χ0v) is 10.1. The summed E-state index contributed by atoms with van der Waals surface area (Å²) in [5.74, 6) is 0.451.